The largest absolute Gasteiger partial charge is 0.492 e. The smallest absolute Gasteiger partial charge is 0.186 e. The maximum atomic E-state index is 11.3. The predicted octanol–water partition coefficient (Wildman–Crippen LogP) is 2.14. The number of carbonyl (C=O) groups is 1. The molecule has 82 valence electrons. The van der Waals surface area contributed by atoms with Crippen LogP contribution in [0.4, 0.5) is 5.69 Å². The number of rotatable bonds is 3. The molecule has 0 fully saturated rings. The van der Waals surface area contributed by atoms with Crippen molar-refractivity contribution in [3.8, 4) is 11.5 Å². The van der Waals surface area contributed by atoms with Gasteiger partial charge in [0.15, 0.2) is 17.3 Å². The molecule has 5 heteroatoms. The highest BCUT2D eigenvalue weighted by Crippen LogP contribution is 2.41. The second-order valence-electron chi connectivity index (χ2n) is 2.94. The summed E-state index contributed by atoms with van der Waals surface area (Å²) in [6, 6.07) is 1.47. The van der Waals surface area contributed by atoms with E-state index in [1.165, 1.54) is 27.2 Å². The van der Waals surface area contributed by atoms with Gasteiger partial charge in [-0.25, -0.2) is 0 Å². The van der Waals surface area contributed by atoms with Crippen LogP contribution in [0.3, 0.4) is 0 Å². The van der Waals surface area contributed by atoms with Gasteiger partial charge in [-0.3, -0.25) is 4.79 Å². The number of nitrogen functional groups attached to an aromatic ring is 1. The number of halogens is 1. The van der Waals surface area contributed by atoms with Crippen molar-refractivity contribution in [2.45, 2.75) is 6.92 Å². The summed E-state index contributed by atoms with van der Waals surface area (Å²) in [5, 5.41) is 0.276. The Kier molecular flexibility index (Phi) is 3.42. The number of methoxy groups -OCH3 is 2. The minimum absolute atomic E-state index is 0.160. The van der Waals surface area contributed by atoms with Gasteiger partial charge in [-0.15, -0.1) is 0 Å². The lowest BCUT2D eigenvalue weighted by Crippen LogP contribution is -2.03. The fourth-order valence-corrected chi connectivity index (χ4v) is 1.48. The number of anilines is 1. The highest BCUT2D eigenvalue weighted by Gasteiger charge is 2.19. The van der Waals surface area contributed by atoms with Crippen molar-refractivity contribution in [2.24, 2.45) is 0 Å². The van der Waals surface area contributed by atoms with Crippen LogP contribution in [-0.2, 0) is 0 Å². The van der Waals surface area contributed by atoms with Crippen LogP contribution in [0.1, 0.15) is 17.3 Å². The van der Waals surface area contributed by atoms with Crippen molar-refractivity contribution in [1.82, 2.24) is 0 Å². The third-order valence-electron chi connectivity index (χ3n) is 2.01. The number of ketones is 1. The molecular formula is C10H12ClNO3. The molecule has 1 rings (SSSR count). The summed E-state index contributed by atoms with van der Waals surface area (Å²) in [6.07, 6.45) is 0. The monoisotopic (exact) mass is 229 g/mol. The predicted molar refractivity (Wildman–Crippen MR) is 59.0 cm³/mol. The SMILES string of the molecule is COc1c(C(C)=O)cc(Cl)c(N)c1OC. The third-order valence-corrected chi connectivity index (χ3v) is 2.32. The molecule has 0 aromatic heterocycles. The normalized spacial score (nSPS) is 9.87. The number of benzene rings is 1. The highest BCUT2D eigenvalue weighted by molar-refractivity contribution is 6.34. The molecule has 0 aliphatic rings. The first kappa shape index (κ1) is 11.7. The lowest BCUT2D eigenvalue weighted by atomic mass is 10.1. The third kappa shape index (κ3) is 1.99. The van der Waals surface area contributed by atoms with Crippen LogP contribution < -0.4 is 15.2 Å². The van der Waals surface area contributed by atoms with Crippen molar-refractivity contribution in [3.05, 3.63) is 16.7 Å². The maximum Gasteiger partial charge on any atom is 0.186 e. The standard InChI is InChI=1S/C10H12ClNO3/c1-5(13)6-4-7(11)8(12)10(15-3)9(6)14-2/h4H,12H2,1-3H3. The summed E-state index contributed by atoms with van der Waals surface area (Å²) in [7, 11) is 2.88. The van der Waals surface area contributed by atoms with E-state index in [0.29, 0.717) is 11.3 Å². The Morgan fingerprint density at radius 1 is 1.33 bits per heavy atom. The van der Waals surface area contributed by atoms with Gasteiger partial charge in [0.25, 0.3) is 0 Å². The first-order valence-electron chi connectivity index (χ1n) is 4.23. The zero-order valence-electron chi connectivity index (χ0n) is 8.76. The molecule has 2 N–H and O–H groups in total. The molecule has 0 amide bonds. The molecule has 0 aliphatic carbocycles. The molecule has 1 aromatic rings. The molecule has 0 heterocycles. The molecule has 0 saturated heterocycles. The quantitative estimate of drug-likeness (QED) is 0.637. The van der Waals surface area contributed by atoms with Gasteiger partial charge in [0.2, 0.25) is 0 Å². The first-order chi connectivity index (χ1) is 7.02. The summed E-state index contributed by atoms with van der Waals surface area (Å²) in [5.41, 5.74) is 6.31. The Labute approximate surface area is 92.9 Å². The topological polar surface area (TPSA) is 61.5 Å². The Bertz CT molecular complexity index is 404. The van der Waals surface area contributed by atoms with Crippen LogP contribution in [0, 0.1) is 0 Å². The minimum atomic E-state index is -0.160. The van der Waals surface area contributed by atoms with Gasteiger partial charge < -0.3 is 15.2 Å². The van der Waals surface area contributed by atoms with E-state index in [2.05, 4.69) is 0 Å². The number of nitrogens with two attached hydrogens (primary N) is 1. The van der Waals surface area contributed by atoms with Gasteiger partial charge in [-0.05, 0) is 13.0 Å². The van der Waals surface area contributed by atoms with Gasteiger partial charge >= 0.3 is 0 Å². The molecule has 4 nitrogen and oxygen atoms in total. The number of hydrogen-bond acceptors (Lipinski definition) is 4. The van der Waals surface area contributed by atoms with Crippen molar-refractivity contribution in [3.63, 3.8) is 0 Å². The Morgan fingerprint density at radius 3 is 2.27 bits per heavy atom. The van der Waals surface area contributed by atoms with Crippen molar-refractivity contribution in [2.75, 3.05) is 20.0 Å². The van der Waals surface area contributed by atoms with Crippen LogP contribution in [0.2, 0.25) is 5.02 Å². The zero-order chi connectivity index (χ0) is 11.6. The fourth-order valence-electron chi connectivity index (χ4n) is 1.29. The Morgan fingerprint density at radius 2 is 1.87 bits per heavy atom. The van der Waals surface area contributed by atoms with Crippen molar-refractivity contribution >= 4 is 23.1 Å². The summed E-state index contributed by atoms with van der Waals surface area (Å²) in [6.45, 7) is 1.42. The molecule has 0 atom stereocenters. The van der Waals surface area contributed by atoms with E-state index in [-0.39, 0.29) is 22.2 Å². The second kappa shape index (κ2) is 4.40. The molecule has 0 bridgehead atoms. The fraction of sp³-hybridized carbons (Fsp3) is 0.300. The van der Waals surface area contributed by atoms with E-state index < -0.39 is 0 Å². The van der Waals surface area contributed by atoms with Crippen molar-refractivity contribution < 1.29 is 14.3 Å². The van der Waals surface area contributed by atoms with Gasteiger partial charge in [0.05, 0.1) is 30.5 Å². The molecule has 0 unspecified atom stereocenters. The first-order valence-corrected chi connectivity index (χ1v) is 4.61. The summed E-state index contributed by atoms with van der Waals surface area (Å²) >= 11 is 5.86. The summed E-state index contributed by atoms with van der Waals surface area (Å²) < 4.78 is 10.1. The van der Waals surface area contributed by atoms with Crippen LogP contribution in [0.25, 0.3) is 0 Å². The molecule has 0 saturated carbocycles. The molecule has 0 radical (unpaired) electrons. The van der Waals surface area contributed by atoms with Gasteiger partial charge in [-0.1, -0.05) is 11.6 Å². The van der Waals surface area contributed by atoms with E-state index in [9.17, 15) is 4.79 Å². The van der Waals surface area contributed by atoms with Crippen molar-refractivity contribution in [1.29, 1.82) is 0 Å². The lowest BCUT2D eigenvalue weighted by molar-refractivity contribution is 0.101. The zero-order valence-corrected chi connectivity index (χ0v) is 9.51. The minimum Gasteiger partial charge on any atom is -0.492 e. The average molecular weight is 230 g/mol. The molecule has 1 aromatic carbocycles. The number of Topliss-reactive ketones (excluding diaryl/α,β-unsaturated/α-hetero) is 1. The average Bonchev–Trinajstić information content (AvgIpc) is 2.20. The van der Waals surface area contributed by atoms with Gasteiger partial charge in [-0.2, -0.15) is 0 Å². The Balaban J connectivity index is 3.54. The number of ether oxygens (including phenoxy) is 2. The van der Waals surface area contributed by atoms with Crippen LogP contribution in [0.5, 0.6) is 11.5 Å². The van der Waals surface area contributed by atoms with E-state index in [0.717, 1.165) is 0 Å². The van der Waals surface area contributed by atoms with E-state index in [1.807, 2.05) is 0 Å². The van der Waals surface area contributed by atoms with Crippen LogP contribution >= 0.6 is 11.6 Å². The van der Waals surface area contributed by atoms with Crippen LogP contribution in [-0.4, -0.2) is 20.0 Å². The van der Waals surface area contributed by atoms with Crippen LogP contribution in [0.15, 0.2) is 6.07 Å². The van der Waals surface area contributed by atoms with E-state index >= 15 is 0 Å². The number of carbonyl (C=O) groups excluding carboxylic acids is 1. The summed E-state index contributed by atoms with van der Waals surface area (Å²) in [5.74, 6) is 0.439. The second-order valence-corrected chi connectivity index (χ2v) is 3.35. The number of hydrogen-bond donors (Lipinski definition) is 1. The highest BCUT2D eigenvalue weighted by atomic mass is 35.5. The molecule has 0 aliphatic heterocycles. The lowest BCUT2D eigenvalue weighted by Gasteiger charge is -2.14. The van der Waals surface area contributed by atoms with Gasteiger partial charge in [0.1, 0.15) is 0 Å². The van der Waals surface area contributed by atoms with E-state index in [1.54, 1.807) is 0 Å². The molecule has 15 heavy (non-hydrogen) atoms. The van der Waals surface area contributed by atoms with Gasteiger partial charge in [0, 0.05) is 0 Å². The Hall–Kier alpha value is -1.42. The molecule has 0 spiro atoms. The summed E-state index contributed by atoms with van der Waals surface area (Å²) in [4.78, 5) is 11.3. The van der Waals surface area contributed by atoms with E-state index in [4.69, 9.17) is 26.8 Å². The molecular weight excluding hydrogens is 218 g/mol. The maximum absolute atomic E-state index is 11.3.